The monoisotopic (exact) mass is 140 g/mol. The maximum absolute atomic E-state index is 12.4. The van der Waals surface area contributed by atoms with Crippen molar-refractivity contribution in [2.24, 2.45) is 0 Å². The van der Waals surface area contributed by atoms with Gasteiger partial charge in [0.05, 0.1) is 5.69 Å². The topological polar surface area (TPSA) is 42.0 Å². The van der Waals surface area contributed by atoms with Crippen LogP contribution in [0.1, 0.15) is 0 Å². The Morgan fingerprint density at radius 2 is 2.50 bits per heavy atom. The molecule has 0 spiro atoms. The van der Waals surface area contributed by atoms with Gasteiger partial charge in [-0.2, -0.15) is 4.39 Å². The van der Waals surface area contributed by atoms with Crippen molar-refractivity contribution in [1.29, 1.82) is 0 Å². The first-order valence-corrected chi connectivity index (χ1v) is 2.65. The Kier molecular flexibility index (Phi) is 1.94. The Hall–Kier alpha value is -1.45. The quantitative estimate of drug-likeness (QED) is 0.487. The number of hydrogen-bond donors (Lipinski definition) is 1. The van der Waals surface area contributed by atoms with Gasteiger partial charge in [-0.3, -0.25) is 4.79 Å². The molecule has 0 radical (unpaired) electrons. The van der Waals surface area contributed by atoms with Crippen molar-refractivity contribution in [3.63, 3.8) is 0 Å². The Balaban J connectivity index is 2.91. The molecule has 0 fully saturated rings. The van der Waals surface area contributed by atoms with Crippen LogP contribution in [0.15, 0.2) is 18.3 Å². The molecule has 1 rings (SSSR count). The highest BCUT2D eigenvalue weighted by atomic mass is 19.1. The van der Waals surface area contributed by atoms with E-state index in [0.29, 0.717) is 6.41 Å². The van der Waals surface area contributed by atoms with Gasteiger partial charge in [-0.15, -0.1) is 0 Å². The minimum absolute atomic E-state index is 0.0949. The fourth-order valence-electron chi connectivity index (χ4n) is 0.557. The van der Waals surface area contributed by atoms with Crippen molar-refractivity contribution in [2.75, 3.05) is 5.32 Å². The minimum atomic E-state index is -0.672. The van der Waals surface area contributed by atoms with Crippen LogP contribution in [0.3, 0.4) is 0 Å². The SMILES string of the molecule is O=CNc1cccnc1F. The maximum Gasteiger partial charge on any atom is 0.236 e. The third-order valence-corrected chi connectivity index (χ3v) is 0.974. The third-order valence-electron chi connectivity index (χ3n) is 0.974. The van der Waals surface area contributed by atoms with Crippen LogP contribution in [0.4, 0.5) is 10.1 Å². The lowest BCUT2D eigenvalue weighted by Gasteiger charge is -1.95. The van der Waals surface area contributed by atoms with Crippen LogP contribution in [0, 0.1) is 5.95 Å². The van der Waals surface area contributed by atoms with Gasteiger partial charge in [-0.25, -0.2) is 4.98 Å². The molecule has 1 amide bonds. The van der Waals surface area contributed by atoms with E-state index in [1.165, 1.54) is 18.3 Å². The number of hydrogen-bond acceptors (Lipinski definition) is 2. The summed E-state index contributed by atoms with van der Waals surface area (Å²) < 4.78 is 12.4. The molecular formula is C6H5FN2O. The van der Waals surface area contributed by atoms with Gasteiger partial charge < -0.3 is 5.32 Å². The predicted molar refractivity (Wildman–Crippen MR) is 33.9 cm³/mol. The molecule has 1 aromatic heterocycles. The van der Waals surface area contributed by atoms with Crippen molar-refractivity contribution >= 4 is 12.1 Å². The van der Waals surface area contributed by atoms with Crippen molar-refractivity contribution in [3.05, 3.63) is 24.3 Å². The number of amides is 1. The van der Waals surface area contributed by atoms with Crippen LogP contribution >= 0.6 is 0 Å². The van der Waals surface area contributed by atoms with Crippen molar-refractivity contribution in [3.8, 4) is 0 Å². The summed E-state index contributed by atoms with van der Waals surface area (Å²) in [5.74, 6) is -0.672. The number of carbonyl (C=O) groups excluding carboxylic acids is 1. The lowest BCUT2D eigenvalue weighted by Crippen LogP contribution is -1.97. The van der Waals surface area contributed by atoms with Gasteiger partial charge in [0.25, 0.3) is 0 Å². The fourth-order valence-corrected chi connectivity index (χ4v) is 0.557. The Labute approximate surface area is 56.9 Å². The van der Waals surface area contributed by atoms with E-state index in [2.05, 4.69) is 10.3 Å². The third kappa shape index (κ3) is 1.28. The van der Waals surface area contributed by atoms with E-state index < -0.39 is 5.95 Å². The fraction of sp³-hybridized carbons (Fsp3) is 0. The second-order valence-corrected chi connectivity index (χ2v) is 1.60. The molecule has 52 valence electrons. The highest BCUT2D eigenvalue weighted by Crippen LogP contribution is 2.07. The van der Waals surface area contributed by atoms with Crippen LogP contribution in [-0.2, 0) is 4.79 Å². The average molecular weight is 140 g/mol. The van der Waals surface area contributed by atoms with Gasteiger partial charge in [0.2, 0.25) is 12.4 Å². The summed E-state index contributed by atoms with van der Waals surface area (Å²) in [6.07, 6.45) is 1.71. The van der Waals surface area contributed by atoms with E-state index in [1.54, 1.807) is 0 Å². The molecular weight excluding hydrogens is 135 g/mol. The molecule has 1 heterocycles. The predicted octanol–water partition coefficient (Wildman–Crippen LogP) is 0.789. The summed E-state index contributed by atoms with van der Waals surface area (Å²) in [5, 5.41) is 2.16. The van der Waals surface area contributed by atoms with Gasteiger partial charge in [-0.05, 0) is 12.1 Å². The molecule has 0 aliphatic carbocycles. The Morgan fingerprint density at radius 3 is 3.10 bits per heavy atom. The zero-order valence-corrected chi connectivity index (χ0v) is 5.04. The molecule has 4 heteroatoms. The molecule has 0 saturated heterocycles. The summed E-state index contributed by atoms with van der Waals surface area (Å²) in [6.45, 7) is 0. The molecule has 0 aliphatic rings. The average Bonchev–Trinajstić information content (AvgIpc) is 1.94. The molecule has 10 heavy (non-hydrogen) atoms. The summed E-state index contributed by atoms with van der Waals surface area (Å²) in [6, 6.07) is 2.96. The number of nitrogens with zero attached hydrogens (tertiary/aromatic N) is 1. The van der Waals surface area contributed by atoms with Crippen molar-refractivity contribution in [2.45, 2.75) is 0 Å². The first-order chi connectivity index (χ1) is 4.84. The van der Waals surface area contributed by atoms with Crippen LogP contribution in [0.2, 0.25) is 0 Å². The zero-order valence-electron chi connectivity index (χ0n) is 5.04. The molecule has 0 saturated carbocycles. The van der Waals surface area contributed by atoms with E-state index in [1.807, 2.05) is 0 Å². The van der Waals surface area contributed by atoms with Gasteiger partial charge in [0.1, 0.15) is 0 Å². The minimum Gasteiger partial charge on any atom is -0.325 e. The van der Waals surface area contributed by atoms with Crippen LogP contribution in [0.5, 0.6) is 0 Å². The largest absolute Gasteiger partial charge is 0.325 e. The van der Waals surface area contributed by atoms with Crippen molar-refractivity contribution in [1.82, 2.24) is 4.98 Å². The maximum atomic E-state index is 12.4. The molecule has 0 unspecified atom stereocenters. The Morgan fingerprint density at radius 1 is 1.70 bits per heavy atom. The smallest absolute Gasteiger partial charge is 0.236 e. The summed E-state index contributed by atoms with van der Waals surface area (Å²) in [7, 11) is 0. The van der Waals surface area contributed by atoms with Crippen molar-refractivity contribution < 1.29 is 9.18 Å². The van der Waals surface area contributed by atoms with E-state index in [4.69, 9.17) is 0 Å². The van der Waals surface area contributed by atoms with E-state index in [0.717, 1.165) is 0 Å². The van der Waals surface area contributed by atoms with E-state index >= 15 is 0 Å². The first kappa shape index (κ1) is 6.67. The molecule has 0 aromatic carbocycles. The summed E-state index contributed by atoms with van der Waals surface area (Å²) in [4.78, 5) is 13.1. The van der Waals surface area contributed by atoms with Crippen LogP contribution in [0.25, 0.3) is 0 Å². The highest BCUT2D eigenvalue weighted by Gasteiger charge is 1.97. The van der Waals surface area contributed by atoms with Gasteiger partial charge in [0, 0.05) is 6.20 Å². The van der Waals surface area contributed by atoms with Gasteiger partial charge >= 0.3 is 0 Å². The number of anilines is 1. The second kappa shape index (κ2) is 2.91. The molecule has 1 N–H and O–H groups in total. The Bertz CT molecular complexity index is 239. The number of nitrogens with one attached hydrogen (secondary N) is 1. The molecule has 0 aliphatic heterocycles. The van der Waals surface area contributed by atoms with E-state index in [-0.39, 0.29) is 5.69 Å². The molecule has 3 nitrogen and oxygen atoms in total. The molecule has 0 atom stereocenters. The summed E-state index contributed by atoms with van der Waals surface area (Å²) in [5.41, 5.74) is 0.0949. The molecule has 1 aromatic rings. The standard InChI is InChI=1S/C6H5FN2O/c7-6-5(9-4-10)2-1-3-8-6/h1-4H,(H,9,10). The number of rotatable bonds is 2. The molecule has 0 bridgehead atoms. The highest BCUT2D eigenvalue weighted by molar-refractivity contribution is 5.70. The number of aromatic nitrogens is 1. The lowest BCUT2D eigenvalue weighted by atomic mass is 10.4. The normalized spacial score (nSPS) is 8.90. The van der Waals surface area contributed by atoms with Crippen LogP contribution in [-0.4, -0.2) is 11.4 Å². The van der Waals surface area contributed by atoms with Gasteiger partial charge in [0.15, 0.2) is 0 Å². The summed E-state index contributed by atoms with van der Waals surface area (Å²) >= 11 is 0. The van der Waals surface area contributed by atoms with E-state index in [9.17, 15) is 9.18 Å². The van der Waals surface area contributed by atoms with Gasteiger partial charge in [-0.1, -0.05) is 0 Å². The lowest BCUT2D eigenvalue weighted by molar-refractivity contribution is -0.105. The van der Waals surface area contributed by atoms with Crippen LogP contribution < -0.4 is 5.32 Å². The number of carbonyl (C=O) groups is 1. The number of halogens is 1. The second-order valence-electron chi connectivity index (χ2n) is 1.60. The number of pyridine rings is 1. The first-order valence-electron chi connectivity index (χ1n) is 2.65. The zero-order chi connectivity index (χ0) is 7.40.